The molecular formula is C23H15N5O3S. The van der Waals surface area contributed by atoms with Crippen molar-refractivity contribution in [2.24, 2.45) is 0 Å². The van der Waals surface area contributed by atoms with Gasteiger partial charge in [-0.25, -0.2) is 4.68 Å². The van der Waals surface area contributed by atoms with E-state index in [1.54, 1.807) is 28.4 Å². The van der Waals surface area contributed by atoms with E-state index in [0.29, 0.717) is 22.9 Å². The molecule has 1 amide bonds. The monoisotopic (exact) mass is 441 g/mol. The molecule has 0 unspecified atom stereocenters. The van der Waals surface area contributed by atoms with E-state index in [9.17, 15) is 9.59 Å². The molecule has 1 N–H and O–H groups in total. The molecule has 0 radical (unpaired) electrons. The molecule has 8 nitrogen and oxygen atoms in total. The van der Waals surface area contributed by atoms with Crippen LogP contribution in [0.4, 0.5) is 5.69 Å². The summed E-state index contributed by atoms with van der Waals surface area (Å²) in [5, 5.41) is 10.7. The van der Waals surface area contributed by atoms with E-state index in [2.05, 4.69) is 15.3 Å². The van der Waals surface area contributed by atoms with Crippen LogP contribution in [-0.2, 0) is 4.79 Å². The first-order valence-electron chi connectivity index (χ1n) is 9.59. The molecule has 0 aliphatic carbocycles. The summed E-state index contributed by atoms with van der Waals surface area (Å²) in [5.41, 5.74) is 3.54. The SMILES string of the molecule is O=COc1csc(-n2nc(-c3ccccc3)c3ccc(NC(=O)c4cccnc4)cc32)n1. The molecule has 0 fully saturated rings. The van der Waals surface area contributed by atoms with Crippen LogP contribution in [0.25, 0.3) is 27.3 Å². The minimum atomic E-state index is -0.261. The van der Waals surface area contributed by atoms with Gasteiger partial charge in [-0.2, -0.15) is 10.1 Å². The third-order valence-electron chi connectivity index (χ3n) is 4.73. The molecule has 3 heterocycles. The van der Waals surface area contributed by atoms with Crippen molar-refractivity contribution >= 4 is 40.3 Å². The predicted molar refractivity (Wildman–Crippen MR) is 121 cm³/mol. The first kappa shape index (κ1) is 19.6. The summed E-state index contributed by atoms with van der Waals surface area (Å²) in [4.78, 5) is 31.6. The van der Waals surface area contributed by atoms with Gasteiger partial charge in [0.1, 0.15) is 5.69 Å². The summed E-state index contributed by atoms with van der Waals surface area (Å²) in [6, 6.07) is 18.8. The highest BCUT2D eigenvalue weighted by Crippen LogP contribution is 2.33. The molecule has 156 valence electrons. The van der Waals surface area contributed by atoms with Gasteiger partial charge in [-0.3, -0.25) is 14.6 Å². The zero-order valence-corrected chi connectivity index (χ0v) is 17.3. The summed E-state index contributed by atoms with van der Waals surface area (Å²) < 4.78 is 6.53. The summed E-state index contributed by atoms with van der Waals surface area (Å²) >= 11 is 1.29. The Morgan fingerprint density at radius 3 is 2.75 bits per heavy atom. The summed E-state index contributed by atoms with van der Waals surface area (Å²) in [7, 11) is 0. The van der Waals surface area contributed by atoms with Crippen molar-refractivity contribution in [1.82, 2.24) is 19.7 Å². The van der Waals surface area contributed by atoms with E-state index in [-0.39, 0.29) is 11.8 Å². The molecule has 9 heteroatoms. The average molecular weight is 441 g/mol. The highest BCUT2D eigenvalue weighted by atomic mass is 32.1. The molecule has 5 rings (SSSR count). The number of hydrogen-bond donors (Lipinski definition) is 1. The number of hydrogen-bond acceptors (Lipinski definition) is 7. The van der Waals surface area contributed by atoms with Crippen molar-refractivity contribution in [3.63, 3.8) is 0 Å². The molecule has 3 aromatic heterocycles. The zero-order chi connectivity index (χ0) is 21.9. The number of thiazole rings is 1. The molecule has 2 aromatic carbocycles. The maximum absolute atomic E-state index is 12.6. The Balaban J connectivity index is 1.61. The van der Waals surface area contributed by atoms with Crippen LogP contribution in [0, 0.1) is 0 Å². The third-order valence-corrected chi connectivity index (χ3v) is 5.53. The Hall–Kier alpha value is -4.37. The van der Waals surface area contributed by atoms with Gasteiger partial charge in [0.2, 0.25) is 11.0 Å². The molecule has 32 heavy (non-hydrogen) atoms. The fourth-order valence-corrected chi connectivity index (χ4v) is 3.99. The number of carbonyl (C=O) groups is 2. The number of fused-ring (bicyclic) bond motifs is 1. The topological polar surface area (TPSA) is 99.0 Å². The molecule has 0 atom stereocenters. The van der Waals surface area contributed by atoms with Crippen molar-refractivity contribution < 1.29 is 14.3 Å². The van der Waals surface area contributed by atoms with Crippen LogP contribution in [0.2, 0.25) is 0 Å². The highest BCUT2D eigenvalue weighted by Gasteiger charge is 2.17. The highest BCUT2D eigenvalue weighted by molar-refractivity contribution is 7.12. The van der Waals surface area contributed by atoms with Crippen LogP contribution in [0.5, 0.6) is 5.88 Å². The number of anilines is 1. The minimum Gasteiger partial charge on any atom is -0.409 e. The zero-order valence-electron chi connectivity index (χ0n) is 16.5. The number of aromatic nitrogens is 4. The molecule has 0 aliphatic rings. The van der Waals surface area contributed by atoms with Crippen LogP contribution in [-0.4, -0.2) is 32.1 Å². The first-order chi connectivity index (χ1) is 15.7. The number of carbonyl (C=O) groups excluding carboxylic acids is 2. The number of nitrogens with one attached hydrogen (secondary N) is 1. The predicted octanol–water partition coefficient (Wildman–Crippen LogP) is 4.33. The second-order valence-electron chi connectivity index (χ2n) is 6.74. The number of rotatable bonds is 6. The van der Waals surface area contributed by atoms with Crippen LogP contribution >= 0.6 is 11.3 Å². The lowest BCUT2D eigenvalue weighted by molar-refractivity contribution is -0.120. The van der Waals surface area contributed by atoms with Gasteiger partial charge in [-0.1, -0.05) is 41.7 Å². The molecule has 5 aromatic rings. The number of benzene rings is 2. The van der Waals surface area contributed by atoms with E-state index in [0.717, 1.165) is 22.2 Å². The van der Waals surface area contributed by atoms with Gasteiger partial charge in [0.15, 0.2) is 0 Å². The molecular weight excluding hydrogens is 426 g/mol. The van der Waals surface area contributed by atoms with Gasteiger partial charge in [0.25, 0.3) is 12.4 Å². The van der Waals surface area contributed by atoms with E-state index < -0.39 is 0 Å². The first-order valence-corrected chi connectivity index (χ1v) is 10.5. The van der Waals surface area contributed by atoms with Gasteiger partial charge >= 0.3 is 0 Å². The Labute approximate surface area is 186 Å². The smallest absolute Gasteiger partial charge is 0.299 e. The van der Waals surface area contributed by atoms with Gasteiger partial charge in [0, 0.05) is 29.0 Å². The van der Waals surface area contributed by atoms with Crippen molar-refractivity contribution in [1.29, 1.82) is 0 Å². The van der Waals surface area contributed by atoms with Gasteiger partial charge in [-0.15, -0.1) is 0 Å². The van der Waals surface area contributed by atoms with Crippen LogP contribution in [0.1, 0.15) is 10.4 Å². The fraction of sp³-hybridized carbons (Fsp3) is 0. The Morgan fingerprint density at radius 1 is 1.09 bits per heavy atom. The molecule has 0 saturated heterocycles. The lowest BCUT2D eigenvalue weighted by atomic mass is 10.1. The second kappa shape index (κ2) is 8.40. The lowest BCUT2D eigenvalue weighted by Crippen LogP contribution is -2.12. The van der Waals surface area contributed by atoms with E-state index in [1.807, 2.05) is 48.5 Å². The number of pyridine rings is 1. The average Bonchev–Trinajstić information content (AvgIpc) is 3.45. The maximum atomic E-state index is 12.6. The summed E-state index contributed by atoms with van der Waals surface area (Å²) in [6.45, 7) is 0.335. The van der Waals surface area contributed by atoms with E-state index in [4.69, 9.17) is 9.84 Å². The molecule has 0 spiro atoms. The number of nitrogens with zero attached hydrogens (tertiary/aromatic N) is 4. The Kier molecular flexibility index (Phi) is 5.14. The third kappa shape index (κ3) is 3.72. The van der Waals surface area contributed by atoms with Crippen molar-refractivity contribution in [3.8, 4) is 22.3 Å². The quantitative estimate of drug-likeness (QED) is 0.394. The van der Waals surface area contributed by atoms with Crippen molar-refractivity contribution in [2.45, 2.75) is 0 Å². The maximum Gasteiger partial charge on any atom is 0.299 e. The van der Waals surface area contributed by atoms with Crippen LogP contribution in [0.15, 0.2) is 78.4 Å². The molecule has 0 bridgehead atoms. The van der Waals surface area contributed by atoms with E-state index >= 15 is 0 Å². The Bertz CT molecular complexity index is 1410. The van der Waals surface area contributed by atoms with Gasteiger partial charge in [0.05, 0.1) is 16.5 Å². The normalized spacial score (nSPS) is 10.8. The Morgan fingerprint density at radius 2 is 1.97 bits per heavy atom. The standard InChI is InChI=1S/C23H15N5O3S/c29-14-31-20-13-32-23(26-20)28-19-11-17(25-22(30)16-7-4-10-24-12-16)8-9-18(19)21(27-28)15-5-2-1-3-6-15/h1-14H,(H,25,30). The van der Waals surface area contributed by atoms with Gasteiger partial charge < -0.3 is 10.1 Å². The largest absolute Gasteiger partial charge is 0.409 e. The summed E-state index contributed by atoms with van der Waals surface area (Å²) in [6.07, 6.45) is 3.12. The molecule has 0 saturated carbocycles. The minimum absolute atomic E-state index is 0.200. The molecule has 0 aliphatic heterocycles. The summed E-state index contributed by atoms with van der Waals surface area (Å²) in [5.74, 6) is -0.0614. The van der Waals surface area contributed by atoms with Crippen molar-refractivity contribution in [3.05, 3.63) is 84.0 Å². The number of amides is 1. The van der Waals surface area contributed by atoms with E-state index in [1.165, 1.54) is 17.5 Å². The lowest BCUT2D eigenvalue weighted by Gasteiger charge is -2.06. The van der Waals surface area contributed by atoms with Gasteiger partial charge in [-0.05, 0) is 30.3 Å². The second-order valence-corrected chi connectivity index (χ2v) is 7.57. The van der Waals surface area contributed by atoms with Crippen LogP contribution < -0.4 is 10.1 Å². The fourth-order valence-electron chi connectivity index (χ4n) is 3.30. The number of ether oxygens (including phenoxy) is 1. The van der Waals surface area contributed by atoms with Crippen molar-refractivity contribution in [2.75, 3.05) is 5.32 Å². The van der Waals surface area contributed by atoms with Crippen LogP contribution in [0.3, 0.4) is 0 Å².